The van der Waals surface area contributed by atoms with Gasteiger partial charge in [0.05, 0.1) is 0 Å². The third kappa shape index (κ3) is 5.93. The quantitative estimate of drug-likeness (QED) is 0.689. The third-order valence-corrected chi connectivity index (χ3v) is 4.13. The smallest absolute Gasteiger partial charge is 0.246 e. The largest absolute Gasteiger partial charge is 0.375 e. The van der Waals surface area contributed by atoms with Crippen molar-refractivity contribution in [3.8, 4) is 0 Å². The zero-order valence-corrected chi connectivity index (χ0v) is 14.4. The highest BCUT2D eigenvalue weighted by Crippen LogP contribution is 2.18. The van der Waals surface area contributed by atoms with Crippen LogP contribution in [0.25, 0.3) is 0 Å². The minimum Gasteiger partial charge on any atom is -0.375 e. The molecule has 1 heterocycles. The first-order chi connectivity index (χ1) is 10.5. The molecule has 0 radical (unpaired) electrons. The molecule has 1 rings (SSSR count). The Kier molecular flexibility index (Phi) is 8.42. The van der Waals surface area contributed by atoms with Crippen LogP contribution in [-0.2, 0) is 14.3 Å². The lowest BCUT2D eigenvalue weighted by atomic mass is 9.95. The molecular weight excluding hydrogens is 282 g/mol. The second-order valence-electron chi connectivity index (χ2n) is 6.30. The zero-order valence-electron chi connectivity index (χ0n) is 14.4. The molecule has 0 aromatic carbocycles. The lowest BCUT2D eigenvalue weighted by Crippen LogP contribution is -2.53. The summed E-state index contributed by atoms with van der Waals surface area (Å²) in [4.78, 5) is 26.2. The van der Waals surface area contributed by atoms with E-state index in [1.165, 1.54) is 7.11 Å². The molecule has 22 heavy (non-hydrogen) atoms. The predicted octanol–water partition coefficient (Wildman–Crippen LogP) is 0.622. The van der Waals surface area contributed by atoms with Gasteiger partial charge >= 0.3 is 0 Å². The van der Waals surface area contributed by atoms with Gasteiger partial charge in [-0.05, 0) is 37.8 Å². The van der Waals surface area contributed by atoms with E-state index in [9.17, 15) is 9.59 Å². The van der Waals surface area contributed by atoms with Crippen LogP contribution in [0, 0.1) is 11.8 Å². The van der Waals surface area contributed by atoms with Crippen LogP contribution in [0.2, 0.25) is 0 Å². The average molecular weight is 313 g/mol. The van der Waals surface area contributed by atoms with Gasteiger partial charge in [0.1, 0.15) is 12.6 Å². The van der Waals surface area contributed by atoms with E-state index in [1.807, 2.05) is 18.7 Å². The Hall–Kier alpha value is -1.14. The molecule has 1 aliphatic rings. The van der Waals surface area contributed by atoms with Crippen molar-refractivity contribution < 1.29 is 14.3 Å². The number of carbonyl (C=O) groups is 2. The fourth-order valence-corrected chi connectivity index (χ4v) is 2.76. The van der Waals surface area contributed by atoms with Crippen LogP contribution in [0.1, 0.15) is 33.6 Å². The minimum absolute atomic E-state index is 0.0126. The molecular formula is C16H31N3O3. The van der Waals surface area contributed by atoms with E-state index in [-0.39, 0.29) is 24.3 Å². The highest BCUT2D eigenvalue weighted by molar-refractivity contribution is 5.88. The highest BCUT2D eigenvalue weighted by Gasteiger charge is 2.30. The number of hydrogen-bond acceptors (Lipinski definition) is 4. The summed E-state index contributed by atoms with van der Waals surface area (Å²) < 4.78 is 4.82. The summed E-state index contributed by atoms with van der Waals surface area (Å²) in [7, 11) is 1.47. The van der Waals surface area contributed by atoms with Gasteiger partial charge in [-0.3, -0.25) is 9.59 Å². The maximum atomic E-state index is 12.7. The first kappa shape index (κ1) is 18.9. The van der Waals surface area contributed by atoms with Gasteiger partial charge < -0.3 is 20.3 Å². The lowest BCUT2D eigenvalue weighted by Gasteiger charge is -2.35. The van der Waals surface area contributed by atoms with Crippen LogP contribution >= 0.6 is 0 Å². The molecule has 0 aromatic rings. The number of piperidine rings is 1. The maximum Gasteiger partial charge on any atom is 0.246 e. The van der Waals surface area contributed by atoms with Crippen molar-refractivity contribution in [1.29, 1.82) is 0 Å². The maximum absolute atomic E-state index is 12.7. The Morgan fingerprint density at radius 3 is 2.41 bits per heavy atom. The van der Waals surface area contributed by atoms with Gasteiger partial charge in [0.15, 0.2) is 0 Å². The molecule has 1 atom stereocenters. The molecule has 1 aliphatic heterocycles. The van der Waals surface area contributed by atoms with Gasteiger partial charge in [-0.15, -0.1) is 0 Å². The Bertz CT molecular complexity index is 353. The number of methoxy groups -OCH3 is 1. The van der Waals surface area contributed by atoms with Gasteiger partial charge in [0.25, 0.3) is 0 Å². The topological polar surface area (TPSA) is 70.7 Å². The molecule has 6 nitrogen and oxygen atoms in total. The number of nitrogens with one attached hydrogen (secondary N) is 2. The van der Waals surface area contributed by atoms with Crippen molar-refractivity contribution >= 4 is 11.8 Å². The summed E-state index contributed by atoms with van der Waals surface area (Å²) in [5, 5.41) is 6.16. The molecule has 6 heteroatoms. The molecule has 0 aromatic heterocycles. The number of nitrogens with zero attached hydrogens (tertiary/aromatic N) is 1. The normalized spacial score (nSPS) is 17.6. The monoisotopic (exact) mass is 313 g/mol. The summed E-state index contributed by atoms with van der Waals surface area (Å²) in [6.45, 7) is 9.56. The zero-order chi connectivity index (χ0) is 16.5. The van der Waals surface area contributed by atoms with Crippen LogP contribution < -0.4 is 10.6 Å². The van der Waals surface area contributed by atoms with E-state index in [0.29, 0.717) is 5.92 Å². The molecule has 0 aliphatic carbocycles. The van der Waals surface area contributed by atoms with Gasteiger partial charge in [-0.1, -0.05) is 20.8 Å². The van der Waals surface area contributed by atoms with E-state index in [0.717, 1.165) is 39.0 Å². The summed E-state index contributed by atoms with van der Waals surface area (Å²) in [5.41, 5.74) is 0. The molecule has 0 spiro atoms. The molecule has 1 fully saturated rings. The highest BCUT2D eigenvalue weighted by atomic mass is 16.5. The molecule has 0 unspecified atom stereocenters. The van der Waals surface area contributed by atoms with Crippen molar-refractivity contribution in [3.63, 3.8) is 0 Å². The van der Waals surface area contributed by atoms with E-state index in [1.54, 1.807) is 0 Å². The van der Waals surface area contributed by atoms with Crippen LogP contribution in [0.4, 0.5) is 0 Å². The van der Waals surface area contributed by atoms with Crippen LogP contribution in [0.3, 0.4) is 0 Å². The first-order valence-corrected chi connectivity index (χ1v) is 8.27. The van der Waals surface area contributed by atoms with Crippen molar-refractivity contribution in [2.45, 2.75) is 39.7 Å². The van der Waals surface area contributed by atoms with Crippen molar-refractivity contribution in [2.24, 2.45) is 11.8 Å². The molecule has 2 amide bonds. The van der Waals surface area contributed by atoms with Crippen LogP contribution in [-0.4, -0.2) is 62.7 Å². The Balaban J connectivity index is 2.51. The molecule has 128 valence electrons. The second-order valence-corrected chi connectivity index (χ2v) is 6.30. The molecule has 0 saturated carbocycles. The van der Waals surface area contributed by atoms with Crippen molar-refractivity contribution in [2.75, 3.05) is 39.9 Å². The number of carbonyl (C=O) groups excluding carboxylic acids is 2. The Morgan fingerprint density at radius 1 is 1.27 bits per heavy atom. The van der Waals surface area contributed by atoms with Gasteiger partial charge in [0.2, 0.25) is 11.8 Å². The van der Waals surface area contributed by atoms with Crippen LogP contribution in [0.15, 0.2) is 0 Å². The van der Waals surface area contributed by atoms with E-state index < -0.39 is 6.04 Å². The summed E-state index contributed by atoms with van der Waals surface area (Å²) >= 11 is 0. The molecule has 2 N–H and O–H groups in total. The Morgan fingerprint density at radius 2 is 1.91 bits per heavy atom. The number of amides is 2. The van der Waals surface area contributed by atoms with Crippen molar-refractivity contribution in [3.05, 3.63) is 0 Å². The van der Waals surface area contributed by atoms with E-state index in [2.05, 4.69) is 17.6 Å². The van der Waals surface area contributed by atoms with E-state index in [4.69, 9.17) is 4.74 Å². The lowest BCUT2D eigenvalue weighted by molar-refractivity contribution is -0.139. The minimum atomic E-state index is -0.465. The average Bonchev–Trinajstić information content (AvgIpc) is 2.50. The second kappa shape index (κ2) is 9.79. The fraction of sp³-hybridized carbons (Fsp3) is 0.875. The first-order valence-electron chi connectivity index (χ1n) is 8.27. The Labute approximate surface area is 134 Å². The van der Waals surface area contributed by atoms with E-state index >= 15 is 0 Å². The van der Waals surface area contributed by atoms with Crippen molar-refractivity contribution in [1.82, 2.24) is 15.5 Å². The van der Waals surface area contributed by atoms with Gasteiger partial charge in [-0.2, -0.15) is 0 Å². The summed E-state index contributed by atoms with van der Waals surface area (Å²) in [6.07, 6.45) is 2.05. The number of hydrogen-bond donors (Lipinski definition) is 2. The SMILES string of the molecule is CCNCC1CCN(C(=O)[C@@H](NC(=O)COC)C(C)C)CC1. The third-order valence-electron chi connectivity index (χ3n) is 4.13. The van der Waals surface area contributed by atoms with Gasteiger partial charge in [-0.25, -0.2) is 0 Å². The summed E-state index contributed by atoms with van der Waals surface area (Å²) in [6, 6.07) is -0.465. The van der Waals surface area contributed by atoms with Gasteiger partial charge in [0, 0.05) is 20.2 Å². The number of ether oxygens (including phenoxy) is 1. The fourth-order valence-electron chi connectivity index (χ4n) is 2.76. The standard InChI is InChI=1S/C16H31N3O3/c1-5-17-10-13-6-8-19(9-7-13)16(21)15(12(2)3)18-14(20)11-22-4/h12-13,15,17H,5-11H2,1-4H3,(H,18,20)/t15-/m0/s1. The molecule has 0 bridgehead atoms. The summed E-state index contributed by atoms with van der Waals surface area (Å²) in [5.74, 6) is 0.496. The predicted molar refractivity (Wildman–Crippen MR) is 86.5 cm³/mol. The number of rotatable bonds is 8. The molecule has 1 saturated heterocycles. The number of likely N-dealkylation sites (tertiary alicyclic amines) is 1. The van der Waals surface area contributed by atoms with Crippen LogP contribution in [0.5, 0.6) is 0 Å².